The highest BCUT2D eigenvalue weighted by molar-refractivity contribution is 7.26. The second kappa shape index (κ2) is 12.8. The predicted octanol–water partition coefficient (Wildman–Crippen LogP) is 14.8. The Balaban J connectivity index is 1.02. The van der Waals surface area contributed by atoms with Gasteiger partial charge in [0.15, 0.2) is 17.5 Å². The van der Waals surface area contributed by atoms with E-state index in [1.807, 2.05) is 89.4 Å². The van der Waals surface area contributed by atoms with Gasteiger partial charge in [0, 0.05) is 73.4 Å². The van der Waals surface area contributed by atoms with E-state index >= 15 is 0 Å². The van der Waals surface area contributed by atoms with Gasteiger partial charge in [-0.2, -0.15) is 0 Å². The van der Waals surface area contributed by atoms with Crippen molar-refractivity contribution in [3.8, 4) is 56.4 Å². The van der Waals surface area contributed by atoms with E-state index in [2.05, 4.69) is 109 Å². The van der Waals surface area contributed by atoms with Crippen molar-refractivity contribution in [2.24, 2.45) is 0 Å². The number of fused-ring (bicyclic) bond motifs is 9. The summed E-state index contributed by atoms with van der Waals surface area (Å²) in [6.45, 7) is 0. The molecule has 0 radical (unpaired) electrons. The first-order chi connectivity index (χ1) is 28.2. The van der Waals surface area contributed by atoms with Gasteiger partial charge in [-0.15, -0.1) is 22.7 Å². The lowest BCUT2D eigenvalue weighted by molar-refractivity contribution is 0.670. The average Bonchev–Trinajstić information content (AvgIpc) is 3.98. The van der Waals surface area contributed by atoms with E-state index in [1.54, 1.807) is 0 Å². The maximum Gasteiger partial charge on any atom is 0.167 e. The van der Waals surface area contributed by atoms with Crippen molar-refractivity contribution in [3.05, 3.63) is 176 Å². The molecule has 0 N–H and O–H groups in total. The molecule has 6 heteroatoms. The Morgan fingerprint density at radius 2 is 0.877 bits per heavy atom. The molecule has 266 valence electrons. The number of para-hydroxylation sites is 2. The number of benzene rings is 8. The van der Waals surface area contributed by atoms with Crippen LogP contribution in [0.25, 0.3) is 119 Å². The number of aromatic nitrogens is 3. The molecule has 4 nitrogen and oxygen atoms in total. The van der Waals surface area contributed by atoms with Crippen molar-refractivity contribution in [3.63, 3.8) is 0 Å². The summed E-state index contributed by atoms with van der Waals surface area (Å²) in [5.74, 6) is 1.81. The minimum Gasteiger partial charge on any atom is -0.455 e. The number of thiophene rings is 2. The molecule has 12 aromatic rings. The molecule has 4 aromatic heterocycles. The first kappa shape index (κ1) is 32.3. The fourth-order valence-electron chi connectivity index (χ4n) is 8.33. The zero-order chi connectivity index (χ0) is 37.5. The van der Waals surface area contributed by atoms with Gasteiger partial charge in [0.1, 0.15) is 11.2 Å². The van der Waals surface area contributed by atoms with Crippen molar-refractivity contribution in [2.45, 2.75) is 0 Å². The van der Waals surface area contributed by atoms with Crippen molar-refractivity contribution in [1.29, 1.82) is 0 Å². The largest absolute Gasteiger partial charge is 0.455 e. The van der Waals surface area contributed by atoms with Gasteiger partial charge in [0.05, 0.1) is 5.56 Å². The minimum atomic E-state index is 0.571. The van der Waals surface area contributed by atoms with Crippen LogP contribution in [0.15, 0.2) is 180 Å². The summed E-state index contributed by atoms with van der Waals surface area (Å²) >= 11 is 3.74. The molecule has 0 saturated carbocycles. The summed E-state index contributed by atoms with van der Waals surface area (Å²) in [4.78, 5) is 15.0. The molecule has 0 aliphatic heterocycles. The Kier molecular flexibility index (Phi) is 7.24. The fourth-order valence-corrected chi connectivity index (χ4v) is 10.7. The van der Waals surface area contributed by atoms with Gasteiger partial charge in [-0.3, -0.25) is 0 Å². The summed E-state index contributed by atoms with van der Waals surface area (Å²) < 4.78 is 12.2. The van der Waals surface area contributed by atoms with Gasteiger partial charge < -0.3 is 4.42 Å². The Morgan fingerprint density at radius 1 is 0.333 bits per heavy atom. The maximum atomic E-state index is 6.94. The van der Waals surface area contributed by atoms with Crippen LogP contribution in [-0.2, 0) is 0 Å². The maximum absolute atomic E-state index is 6.94. The molecule has 0 atom stereocenters. The van der Waals surface area contributed by atoms with Gasteiger partial charge >= 0.3 is 0 Å². The summed E-state index contributed by atoms with van der Waals surface area (Å²) in [5, 5.41) is 7.25. The third-order valence-electron chi connectivity index (χ3n) is 11.0. The van der Waals surface area contributed by atoms with E-state index < -0.39 is 0 Å². The molecule has 57 heavy (non-hydrogen) atoms. The highest BCUT2D eigenvalue weighted by Crippen LogP contribution is 2.47. The van der Waals surface area contributed by atoms with Crippen LogP contribution in [0.2, 0.25) is 0 Å². The molecular weight excluding hydrogens is 735 g/mol. The minimum absolute atomic E-state index is 0.571. The molecule has 0 unspecified atom stereocenters. The number of furan rings is 1. The van der Waals surface area contributed by atoms with Crippen molar-refractivity contribution >= 4 is 85.0 Å². The molecule has 12 rings (SSSR count). The lowest BCUT2D eigenvalue weighted by Gasteiger charge is -2.08. The quantitative estimate of drug-likeness (QED) is 0.175. The van der Waals surface area contributed by atoms with Crippen molar-refractivity contribution in [2.75, 3.05) is 0 Å². The third-order valence-corrected chi connectivity index (χ3v) is 13.3. The summed E-state index contributed by atoms with van der Waals surface area (Å²) in [7, 11) is 0. The van der Waals surface area contributed by atoms with Crippen molar-refractivity contribution < 1.29 is 4.42 Å². The lowest BCUT2D eigenvalue weighted by atomic mass is 9.97. The van der Waals surface area contributed by atoms with Crippen LogP contribution in [0.1, 0.15) is 0 Å². The van der Waals surface area contributed by atoms with Crippen LogP contribution in [0, 0.1) is 0 Å². The van der Waals surface area contributed by atoms with E-state index in [1.165, 1.54) is 51.5 Å². The topological polar surface area (TPSA) is 51.8 Å². The van der Waals surface area contributed by atoms with Gasteiger partial charge in [-0.1, -0.05) is 146 Å². The number of nitrogens with zero attached hydrogens (tertiary/aromatic N) is 3. The highest BCUT2D eigenvalue weighted by Gasteiger charge is 2.21. The molecule has 0 aliphatic carbocycles. The molecule has 8 aromatic carbocycles. The second-order valence-electron chi connectivity index (χ2n) is 14.3. The average molecular weight is 764 g/mol. The first-order valence-electron chi connectivity index (χ1n) is 18.9. The van der Waals surface area contributed by atoms with E-state index in [4.69, 9.17) is 19.4 Å². The van der Waals surface area contributed by atoms with Crippen LogP contribution in [0.4, 0.5) is 0 Å². The van der Waals surface area contributed by atoms with Crippen LogP contribution in [0.3, 0.4) is 0 Å². The van der Waals surface area contributed by atoms with Gasteiger partial charge in [-0.25, -0.2) is 15.0 Å². The lowest BCUT2D eigenvalue weighted by Crippen LogP contribution is -2.00. The fraction of sp³-hybridized carbons (Fsp3) is 0. The van der Waals surface area contributed by atoms with E-state index in [-0.39, 0.29) is 0 Å². The van der Waals surface area contributed by atoms with Crippen LogP contribution in [-0.4, -0.2) is 15.0 Å². The van der Waals surface area contributed by atoms with Crippen LogP contribution >= 0.6 is 22.7 Å². The summed E-state index contributed by atoms with van der Waals surface area (Å²) in [5.41, 5.74) is 9.01. The Morgan fingerprint density at radius 3 is 1.63 bits per heavy atom. The SMILES string of the molecule is c1ccc(-c2nc(-c3ccccc3)nc(-c3cccc4c3oc3c(-c5ccc6sc7c(-c8cccc9sc%10ccccc%10c89)cccc7c6c5)cccc34)n2)cc1. The summed E-state index contributed by atoms with van der Waals surface area (Å²) in [6.07, 6.45) is 0. The zero-order valence-electron chi connectivity index (χ0n) is 30.3. The smallest absolute Gasteiger partial charge is 0.167 e. The Bertz CT molecular complexity index is 3470. The molecule has 4 heterocycles. The monoisotopic (exact) mass is 763 g/mol. The van der Waals surface area contributed by atoms with Crippen LogP contribution < -0.4 is 0 Å². The highest BCUT2D eigenvalue weighted by atomic mass is 32.1. The van der Waals surface area contributed by atoms with Crippen LogP contribution in [0.5, 0.6) is 0 Å². The van der Waals surface area contributed by atoms with E-state index in [0.717, 1.165) is 49.8 Å². The Labute approximate surface area is 335 Å². The summed E-state index contributed by atoms with van der Waals surface area (Å²) in [6, 6.07) is 61.9. The molecule has 0 spiro atoms. The standard InChI is InChI=1S/C51H29N3OS2/c1-3-13-30(14-4-1)49-52-50(31-15-5-2-6-16-31)54-51(53-49)40-24-10-21-36-35-20-9-18-33(46(35)55-47(36)40)32-27-28-43-41(29-32)38-23-11-22-37(48(38)57-43)34-19-12-26-44-45(34)39-17-7-8-25-42(39)56-44/h1-29H. The van der Waals surface area contributed by atoms with Gasteiger partial charge in [-0.05, 0) is 41.5 Å². The number of rotatable bonds is 5. The first-order valence-corrected chi connectivity index (χ1v) is 20.6. The number of hydrogen-bond acceptors (Lipinski definition) is 6. The van der Waals surface area contributed by atoms with Crippen molar-refractivity contribution in [1.82, 2.24) is 15.0 Å². The molecule has 0 bridgehead atoms. The van der Waals surface area contributed by atoms with E-state index in [9.17, 15) is 0 Å². The second-order valence-corrected chi connectivity index (χ2v) is 16.4. The third kappa shape index (κ3) is 5.15. The Hall–Kier alpha value is -6.99. The molecule has 0 fully saturated rings. The van der Waals surface area contributed by atoms with Gasteiger partial charge in [0.25, 0.3) is 0 Å². The molecule has 0 amide bonds. The predicted molar refractivity (Wildman–Crippen MR) is 240 cm³/mol. The normalized spacial score (nSPS) is 11.9. The zero-order valence-corrected chi connectivity index (χ0v) is 31.9. The molecule has 0 saturated heterocycles. The van der Waals surface area contributed by atoms with Gasteiger partial charge in [0.2, 0.25) is 0 Å². The molecular formula is C51H29N3OS2. The van der Waals surface area contributed by atoms with E-state index in [0.29, 0.717) is 17.5 Å². The number of hydrogen-bond donors (Lipinski definition) is 0. The molecule has 0 aliphatic rings.